The Balaban J connectivity index is 2.20. The molecule has 1 aliphatic rings. The molecule has 18 heavy (non-hydrogen) atoms. The molecule has 4 nitrogen and oxygen atoms in total. The monoisotopic (exact) mass is 268 g/mol. The van der Waals surface area contributed by atoms with E-state index in [2.05, 4.69) is 4.90 Å². The van der Waals surface area contributed by atoms with Gasteiger partial charge in [-0.05, 0) is 24.6 Å². The van der Waals surface area contributed by atoms with Gasteiger partial charge in [-0.2, -0.15) is 0 Å². The van der Waals surface area contributed by atoms with Gasteiger partial charge in [0.2, 0.25) is 5.91 Å². The number of halogens is 1. The van der Waals surface area contributed by atoms with Crippen LogP contribution in [-0.2, 0) is 4.79 Å². The zero-order valence-electron chi connectivity index (χ0n) is 10.6. The molecule has 1 heterocycles. The third kappa shape index (κ3) is 2.70. The van der Waals surface area contributed by atoms with Crippen LogP contribution in [0.5, 0.6) is 5.75 Å². The number of hydrogen-bond acceptors (Lipinski definition) is 3. The lowest BCUT2D eigenvalue weighted by atomic mass is 10.2. The minimum Gasteiger partial charge on any atom is -0.495 e. The maximum Gasteiger partial charge on any atom is 0.241 e. The van der Waals surface area contributed by atoms with Gasteiger partial charge in [-0.1, -0.05) is 11.6 Å². The summed E-state index contributed by atoms with van der Waals surface area (Å²) in [6.45, 7) is 2.07. The summed E-state index contributed by atoms with van der Waals surface area (Å²) in [4.78, 5) is 15.7. The van der Waals surface area contributed by atoms with E-state index in [0.717, 1.165) is 25.2 Å². The van der Waals surface area contributed by atoms with E-state index in [1.54, 1.807) is 12.0 Å². The fourth-order valence-electron chi connectivity index (χ4n) is 2.06. The number of benzene rings is 1. The molecule has 0 saturated carbocycles. The van der Waals surface area contributed by atoms with Crippen LogP contribution < -0.4 is 9.64 Å². The van der Waals surface area contributed by atoms with Crippen molar-refractivity contribution in [1.82, 2.24) is 4.90 Å². The Kier molecular flexibility index (Phi) is 3.97. The number of carbonyl (C=O) groups is 1. The number of nitrogens with zero attached hydrogens (tertiary/aromatic N) is 2. The van der Waals surface area contributed by atoms with Crippen LogP contribution in [0.3, 0.4) is 0 Å². The van der Waals surface area contributed by atoms with E-state index < -0.39 is 0 Å². The second-order valence-corrected chi connectivity index (χ2v) is 4.82. The normalized spacial score (nSPS) is 16.7. The number of methoxy groups -OCH3 is 1. The molecular weight excluding hydrogens is 252 g/mol. The van der Waals surface area contributed by atoms with E-state index in [1.165, 1.54) is 0 Å². The van der Waals surface area contributed by atoms with Crippen LogP contribution in [0.15, 0.2) is 18.2 Å². The number of likely N-dealkylation sites (N-methyl/N-ethyl adjacent to an activating group) is 1. The van der Waals surface area contributed by atoms with Gasteiger partial charge in [-0.3, -0.25) is 4.79 Å². The van der Waals surface area contributed by atoms with Crippen molar-refractivity contribution in [3.05, 3.63) is 23.2 Å². The van der Waals surface area contributed by atoms with Crippen molar-refractivity contribution in [1.29, 1.82) is 0 Å². The van der Waals surface area contributed by atoms with Crippen molar-refractivity contribution in [3.63, 3.8) is 0 Å². The van der Waals surface area contributed by atoms with Crippen LogP contribution in [0.2, 0.25) is 5.02 Å². The predicted octanol–water partition coefficient (Wildman–Crippen LogP) is 2.02. The summed E-state index contributed by atoms with van der Waals surface area (Å²) in [5.74, 6) is 0.790. The highest BCUT2D eigenvalue weighted by Gasteiger charge is 2.19. The molecule has 5 heteroatoms. The van der Waals surface area contributed by atoms with Gasteiger partial charge in [0.1, 0.15) is 5.75 Å². The summed E-state index contributed by atoms with van der Waals surface area (Å²) in [5, 5.41) is 0.569. The number of rotatable bonds is 2. The smallest absolute Gasteiger partial charge is 0.241 e. The van der Waals surface area contributed by atoms with Crippen molar-refractivity contribution in [3.8, 4) is 5.75 Å². The van der Waals surface area contributed by atoms with Crippen molar-refractivity contribution in [2.45, 2.75) is 6.42 Å². The number of hydrogen-bond donors (Lipinski definition) is 0. The molecule has 0 radical (unpaired) electrons. The quantitative estimate of drug-likeness (QED) is 0.823. The molecule has 2 rings (SSSR count). The first-order valence-electron chi connectivity index (χ1n) is 5.94. The molecule has 0 aliphatic carbocycles. The molecule has 0 unspecified atom stereocenters. The molecule has 1 aliphatic heterocycles. The first kappa shape index (κ1) is 13.0. The maximum absolute atomic E-state index is 11.8. The summed E-state index contributed by atoms with van der Waals surface area (Å²) < 4.78 is 5.12. The van der Waals surface area contributed by atoms with Crippen LogP contribution in [0.1, 0.15) is 6.42 Å². The number of anilines is 1. The number of carbonyl (C=O) groups excluding carboxylic acids is 1. The predicted molar refractivity (Wildman–Crippen MR) is 72.5 cm³/mol. The lowest BCUT2D eigenvalue weighted by Crippen LogP contribution is -2.34. The molecule has 0 N–H and O–H groups in total. The molecule has 1 aromatic carbocycles. The van der Waals surface area contributed by atoms with Gasteiger partial charge in [0.15, 0.2) is 0 Å². The summed E-state index contributed by atoms with van der Waals surface area (Å²) in [6.07, 6.45) is 0.964. The fraction of sp³-hybridized carbons (Fsp3) is 0.462. The largest absolute Gasteiger partial charge is 0.495 e. The van der Waals surface area contributed by atoms with E-state index >= 15 is 0 Å². The minimum absolute atomic E-state index is 0.138. The van der Waals surface area contributed by atoms with Gasteiger partial charge in [0.25, 0.3) is 0 Å². The summed E-state index contributed by atoms with van der Waals surface area (Å²) in [7, 11) is 3.43. The van der Waals surface area contributed by atoms with Gasteiger partial charge in [-0.25, -0.2) is 0 Å². The number of amides is 1. The molecule has 1 amide bonds. The molecular formula is C13H17ClN2O2. The second kappa shape index (κ2) is 5.48. The number of ether oxygens (including phenoxy) is 1. The molecule has 1 saturated heterocycles. The van der Waals surface area contributed by atoms with E-state index in [1.807, 2.05) is 25.2 Å². The highest BCUT2D eigenvalue weighted by molar-refractivity contribution is 6.32. The molecule has 0 bridgehead atoms. The second-order valence-electron chi connectivity index (χ2n) is 4.41. The fourth-order valence-corrected chi connectivity index (χ4v) is 2.31. The Hall–Kier alpha value is -1.42. The maximum atomic E-state index is 11.8. The van der Waals surface area contributed by atoms with E-state index in [9.17, 15) is 4.79 Å². The Morgan fingerprint density at radius 3 is 2.78 bits per heavy atom. The van der Waals surface area contributed by atoms with E-state index in [4.69, 9.17) is 16.3 Å². The Morgan fingerprint density at radius 2 is 2.11 bits per heavy atom. The molecule has 0 atom stereocenters. The lowest BCUT2D eigenvalue weighted by molar-refractivity contribution is -0.127. The van der Waals surface area contributed by atoms with Crippen molar-refractivity contribution < 1.29 is 9.53 Å². The minimum atomic E-state index is 0.138. The van der Waals surface area contributed by atoms with Crippen molar-refractivity contribution in [2.75, 3.05) is 38.7 Å². The van der Waals surface area contributed by atoms with Crippen molar-refractivity contribution >= 4 is 23.2 Å². The van der Waals surface area contributed by atoms with Gasteiger partial charge >= 0.3 is 0 Å². The van der Waals surface area contributed by atoms with E-state index in [0.29, 0.717) is 17.3 Å². The Morgan fingerprint density at radius 1 is 1.33 bits per heavy atom. The van der Waals surface area contributed by atoms with Gasteiger partial charge in [-0.15, -0.1) is 0 Å². The third-order valence-corrected chi connectivity index (χ3v) is 3.47. The molecule has 1 fully saturated rings. The summed E-state index contributed by atoms with van der Waals surface area (Å²) in [5.41, 5.74) is 0.962. The highest BCUT2D eigenvalue weighted by Crippen LogP contribution is 2.29. The van der Waals surface area contributed by atoms with Crippen LogP contribution >= 0.6 is 11.6 Å². The average molecular weight is 269 g/mol. The Bertz CT molecular complexity index is 451. The zero-order valence-corrected chi connectivity index (χ0v) is 11.4. The molecule has 0 spiro atoms. The van der Waals surface area contributed by atoms with Gasteiger partial charge in [0.05, 0.1) is 18.7 Å². The standard InChI is InChI=1S/C13H17ClN2O2/c1-15-6-3-7-16(9-13(15)17)10-4-5-12(18-2)11(14)8-10/h4-5,8H,3,6-7,9H2,1-2H3. The van der Waals surface area contributed by atoms with Crippen LogP contribution in [0, 0.1) is 0 Å². The van der Waals surface area contributed by atoms with E-state index in [-0.39, 0.29) is 5.91 Å². The van der Waals surface area contributed by atoms with Gasteiger partial charge < -0.3 is 14.5 Å². The van der Waals surface area contributed by atoms with Crippen LogP contribution in [-0.4, -0.2) is 44.6 Å². The third-order valence-electron chi connectivity index (χ3n) is 3.17. The molecule has 0 aromatic heterocycles. The average Bonchev–Trinajstić information content (AvgIpc) is 2.52. The molecule has 98 valence electrons. The first-order chi connectivity index (χ1) is 8.61. The topological polar surface area (TPSA) is 32.8 Å². The van der Waals surface area contributed by atoms with Crippen LogP contribution in [0.25, 0.3) is 0 Å². The van der Waals surface area contributed by atoms with Gasteiger partial charge in [0, 0.05) is 25.8 Å². The Labute approximate surface area is 112 Å². The van der Waals surface area contributed by atoms with Crippen molar-refractivity contribution in [2.24, 2.45) is 0 Å². The summed E-state index contributed by atoms with van der Waals surface area (Å²) in [6, 6.07) is 5.61. The molecule has 1 aromatic rings. The lowest BCUT2D eigenvalue weighted by Gasteiger charge is -2.22. The first-order valence-corrected chi connectivity index (χ1v) is 6.32. The zero-order chi connectivity index (χ0) is 13.1. The SMILES string of the molecule is COc1ccc(N2CCCN(C)C(=O)C2)cc1Cl. The van der Waals surface area contributed by atoms with Crippen LogP contribution in [0.4, 0.5) is 5.69 Å². The summed E-state index contributed by atoms with van der Waals surface area (Å²) >= 11 is 6.11. The highest BCUT2D eigenvalue weighted by atomic mass is 35.5.